The van der Waals surface area contributed by atoms with Gasteiger partial charge in [-0.25, -0.2) is 8.78 Å². The van der Waals surface area contributed by atoms with Gasteiger partial charge in [-0.2, -0.15) is 0 Å². The molecule has 1 N–H and O–H groups in total. The van der Waals surface area contributed by atoms with E-state index in [0.717, 1.165) is 29.2 Å². The van der Waals surface area contributed by atoms with Crippen molar-refractivity contribution in [2.24, 2.45) is 0 Å². The Morgan fingerprint density at radius 3 is 2.59 bits per heavy atom. The highest BCUT2D eigenvalue weighted by molar-refractivity contribution is 8.00. The van der Waals surface area contributed by atoms with Crippen molar-refractivity contribution in [2.45, 2.75) is 10.1 Å². The lowest BCUT2D eigenvalue weighted by molar-refractivity contribution is -0.384. The van der Waals surface area contributed by atoms with Gasteiger partial charge in [0.2, 0.25) is 5.13 Å². The number of carbonyl (C=O) groups excluding carboxylic acids is 1. The van der Waals surface area contributed by atoms with Gasteiger partial charge in [0.15, 0.2) is 4.34 Å². The minimum atomic E-state index is -0.647. The molecule has 0 unspecified atom stereocenters. The second-order valence-corrected chi connectivity index (χ2v) is 7.32. The maximum Gasteiger partial charge on any atom is 0.270 e. The molecule has 0 aliphatic rings. The molecule has 138 valence electrons. The molecule has 0 fully saturated rings. The number of nitro benzene ring substituents is 1. The summed E-state index contributed by atoms with van der Waals surface area (Å²) in [7, 11) is 0. The van der Waals surface area contributed by atoms with E-state index in [1.165, 1.54) is 36.4 Å². The van der Waals surface area contributed by atoms with Gasteiger partial charge >= 0.3 is 0 Å². The first-order chi connectivity index (χ1) is 12.9. The fourth-order valence-corrected chi connectivity index (χ4v) is 3.82. The van der Waals surface area contributed by atoms with E-state index in [2.05, 4.69) is 15.5 Å². The first-order valence-electron chi connectivity index (χ1n) is 7.39. The van der Waals surface area contributed by atoms with Gasteiger partial charge in [-0.3, -0.25) is 20.2 Å². The minimum absolute atomic E-state index is 0.0198. The van der Waals surface area contributed by atoms with E-state index in [1.54, 1.807) is 0 Å². The largest absolute Gasteiger partial charge is 0.296 e. The van der Waals surface area contributed by atoms with E-state index in [9.17, 15) is 23.7 Å². The maximum absolute atomic E-state index is 13.6. The smallest absolute Gasteiger partial charge is 0.270 e. The van der Waals surface area contributed by atoms with Crippen LogP contribution in [0.2, 0.25) is 0 Å². The first-order valence-corrected chi connectivity index (χ1v) is 9.19. The standard InChI is InChI=1S/C16H10F2N4O3S2/c17-12-5-2-6-13(18)11(12)8-26-16-21-20-15(27-16)19-14(23)9-3-1-4-10(7-9)22(24)25/h1-7H,8H2,(H,19,20,23). The van der Waals surface area contributed by atoms with Crippen LogP contribution in [0.4, 0.5) is 19.6 Å². The zero-order valence-corrected chi connectivity index (χ0v) is 15.0. The van der Waals surface area contributed by atoms with E-state index >= 15 is 0 Å². The molecule has 0 saturated heterocycles. The monoisotopic (exact) mass is 408 g/mol. The molecular formula is C16H10F2N4O3S2. The Kier molecular flexibility index (Phi) is 5.72. The summed E-state index contributed by atoms with van der Waals surface area (Å²) in [6.07, 6.45) is 0. The zero-order chi connectivity index (χ0) is 19.4. The predicted molar refractivity (Wildman–Crippen MR) is 96.9 cm³/mol. The molecule has 0 bridgehead atoms. The number of rotatable bonds is 6. The van der Waals surface area contributed by atoms with Crippen LogP contribution in [-0.4, -0.2) is 21.0 Å². The number of thioether (sulfide) groups is 1. The van der Waals surface area contributed by atoms with Crippen molar-refractivity contribution in [3.63, 3.8) is 0 Å². The van der Waals surface area contributed by atoms with Crippen molar-refractivity contribution in [1.29, 1.82) is 0 Å². The van der Waals surface area contributed by atoms with Gasteiger partial charge in [0.1, 0.15) is 11.6 Å². The maximum atomic E-state index is 13.6. The summed E-state index contributed by atoms with van der Waals surface area (Å²) in [6, 6.07) is 8.88. The lowest BCUT2D eigenvalue weighted by Gasteiger charge is -2.02. The van der Waals surface area contributed by atoms with Crippen LogP contribution >= 0.6 is 23.1 Å². The van der Waals surface area contributed by atoms with Crippen LogP contribution in [-0.2, 0) is 5.75 Å². The van der Waals surface area contributed by atoms with Crippen LogP contribution in [0.1, 0.15) is 15.9 Å². The average Bonchev–Trinajstić information content (AvgIpc) is 3.08. The molecule has 1 aromatic heterocycles. The summed E-state index contributed by atoms with van der Waals surface area (Å²) < 4.78 is 27.6. The molecular weight excluding hydrogens is 398 g/mol. The van der Waals surface area contributed by atoms with E-state index in [4.69, 9.17) is 0 Å². The van der Waals surface area contributed by atoms with Gasteiger partial charge in [-0.15, -0.1) is 10.2 Å². The zero-order valence-electron chi connectivity index (χ0n) is 13.4. The van der Waals surface area contributed by atoms with E-state index < -0.39 is 22.5 Å². The number of nitrogens with zero attached hydrogens (tertiary/aromatic N) is 3. The molecule has 1 amide bonds. The molecule has 11 heteroatoms. The van der Waals surface area contributed by atoms with Gasteiger partial charge < -0.3 is 0 Å². The Balaban J connectivity index is 1.65. The third-order valence-corrected chi connectivity index (χ3v) is 5.35. The number of halogens is 2. The van der Waals surface area contributed by atoms with Crippen LogP contribution in [0, 0.1) is 21.7 Å². The fourth-order valence-electron chi connectivity index (χ4n) is 2.05. The molecule has 0 aliphatic heterocycles. The molecule has 27 heavy (non-hydrogen) atoms. The van der Waals surface area contributed by atoms with Crippen molar-refractivity contribution in [3.8, 4) is 0 Å². The molecule has 0 radical (unpaired) electrons. The summed E-state index contributed by atoms with van der Waals surface area (Å²) in [5.41, 5.74) is -0.176. The molecule has 2 aromatic carbocycles. The normalized spacial score (nSPS) is 10.6. The molecule has 3 rings (SSSR count). The lowest BCUT2D eigenvalue weighted by atomic mass is 10.2. The lowest BCUT2D eigenvalue weighted by Crippen LogP contribution is -2.11. The number of amides is 1. The third-order valence-electron chi connectivity index (χ3n) is 3.35. The van der Waals surface area contributed by atoms with Gasteiger partial charge in [0.05, 0.1) is 4.92 Å². The SMILES string of the molecule is O=C(Nc1nnc(SCc2c(F)cccc2F)s1)c1cccc([N+](=O)[O-])c1. The average molecular weight is 408 g/mol. The summed E-state index contributed by atoms with van der Waals surface area (Å²) in [4.78, 5) is 22.3. The minimum Gasteiger partial charge on any atom is -0.296 e. The Morgan fingerprint density at radius 1 is 1.19 bits per heavy atom. The van der Waals surface area contributed by atoms with Crippen LogP contribution in [0.3, 0.4) is 0 Å². The van der Waals surface area contributed by atoms with Gasteiger partial charge in [0, 0.05) is 29.0 Å². The molecule has 7 nitrogen and oxygen atoms in total. The first kappa shape index (κ1) is 18.9. The van der Waals surface area contributed by atoms with Crippen LogP contribution in [0.25, 0.3) is 0 Å². The van der Waals surface area contributed by atoms with E-state index in [0.29, 0.717) is 4.34 Å². The molecule has 0 aliphatic carbocycles. The number of nitro groups is 1. The summed E-state index contributed by atoms with van der Waals surface area (Å²) in [6.45, 7) is 0. The molecule has 0 atom stereocenters. The number of aromatic nitrogens is 2. The van der Waals surface area contributed by atoms with Crippen molar-refractivity contribution < 1.29 is 18.5 Å². The molecule has 1 heterocycles. The van der Waals surface area contributed by atoms with Gasteiger partial charge in [-0.05, 0) is 18.2 Å². The Morgan fingerprint density at radius 2 is 1.89 bits per heavy atom. The van der Waals surface area contributed by atoms with Crippen molar-refractivity contribution in [3.05, 3.63) is 75.3 Å². The third kappa shape index (κ3) is 4.63. The second kappa shape index (κ2) is 8.18. The molecule has 0 saturated carbocycles. The second-order valence-electron chi connectivity index (χ2n) is 5.12. The van der Waals surface area contributed by atoms with Crippen LogP contribution in [0.5, 0.6) is 0 Å². The molecule has 3 aromatic rings. The topological polar surface area (TPSA) is 98.0 Å². The Hall–Kier alpha value is -2.92. The van der Waals surface area contributed by atoms with Crippen molar-refractivity contribution in [1.82, 2.24) is 10.2 Å². The quantitative estimate of drug-likeness (QED) is 0.283. The van der Waals surface area contributed by atoms with Crippen molar-refractivity contribution >= 4 is 39.8 Å². The number of hydrogen-bond donors (Lipinski definition) is 1. The van der Waals surface area contributed by atoms with Gasteiger partial charge in [0.25, 0.3) is 11.6 Å². The summed E-state index contributed by atoms with van der Waals surface area (Å²) in [5.74, 6) is -1.85. The highest BCUT2D eigenvalue weighted by Gasteiger charge is 2.15. The van der Waals surface area contributed by atoms with E-state index in [-0.39, 0.29) is 27.7 Å². The predicted octanol–water partition coefficient (Wildman–Crippen LogP) is 4.27. The number of carbonyl (C=O) groups is 1. The Bertz CT molecular complexity index is 993. The Labute approximate surface area is 159 Å². The highest BCUT2D eigenvalue weighted by atomic mass is 32.2. The number of hydrogen-bond acceptors (Lipinski definition) is 7. The van der Waals surface area contributed by atoms with E-state index in [1.807, 2.05) is 0 Å². The number of benzene rings is 2. The number of nitrogens with one attached hydrogen (secondary N) is 1. The summed E-state index contributed by atoms with van der Waals surface area (Å²) in [5, 5.41) is 21.1. The number of non-ortho nitro benzene ring substituents is 1. The highest BCUT2D eigenvalue weighted by Crippen LogP contribution is 2.30. The molecule has 0 spiro atoms. The fraction of sp³-hybridized carbons (Fsp3) is 0.0625. The van der Waals surface area contributed by atoms with Crippen LogP contribution < -0.4 is 5.32 Å². The van der Waals surface area contributed by atoms with Crippen LogP contribution in [0.15, 0.2) is 46.8 Å². The van der Waals surface area contributed by atoms with Crippen molar-refractivity contribution in [2.75, 3.05) is 5.32 Å². The summed E-state index contributed by atoms with van der Waals surface area (Å²) >= 11 is 2.10. The van der Waals surface area contributed by atoms with Gasteiger partial charge in [-0.1, -0.05) is 35.2 Å². The number of anilines is 1.